The van der Waals surface area contributed by atoms with E-state index in [1.165, 1.54) is 4.31 Å². The van der Waals surface area contributed by atoms with E-state index in [2.05, 4.69) is 5.10 Å². The topological polar surface area (TPSA) is 81.2 Å². The SMILES string of the molecule is Cc1nn(C)c(C)c1S(=O)(=O)N1CC(N)C1. The average Bonchev–Trinajstić information content (AvgIpc) is 2.36. The van der Waals surface area contributed by atoms with Gasteiger partial charge in [0.25, 0.3) is 0 Å². The highest BCUT2D eigenvalue weighted by Gasteiger charge is 2.37. The highest BCUT2D eigenvalue weighted by Crippen LogP contribution is 2.25. The molecule has 0 amide bonds. The quantitative estimate of drug-likeness (QED) is 0.751. The molecule has 1 aromatic heterocycles. The normalized spacial score (nSPS) is 18.8. The molecule has 2 heterocycles. The number of aryl methyl sites for hydroxylation is 2. The van der Waals surface area contributed by atoms with Gasteiger partial charge in [-0.3, -0.25) is 4.68 Å². The molecule has 1 aromatic rings. The van der Waals surface area contributed by atoms with Crippen LogP contribution >= 0.6 is 0 Å². The Morgan fingerprint density at radius 1 is 1.38 bits per heavy atom. The number of aromatic nitrogens is 2. The lowest BCUT2D eigenvalue weighted by atomic mass is 10.2. The fourth-order valence-corrected chi connectivity index (χ4v) is 3.88. The van der Waals surface area contributed by atoms with Crippen molar-refractivity contribution in [3.8, 4) is 0 Å². The van der Waals surface area contributed by atoms with Crippen molar-refractivity contribution in [3.63, 3.8) is 0 Å². The van der Waals surface area contributed by atoms with Crippen molar-refractivity contribution in [2.75, 3.05) is 13.1 Å². The molecule has 7 heteroatoms. The maximum absolute atomic E-state index is 12.2. The van der Waals surface area contributed by atoms with Gasteiger partial charge in [0.2, 0.25) is 10.0 Å². The molecule has 90 valence electrons. The molecule has 0 radical (unpaired) electrons. The molecule has 1 fully saturated rings. The molecule has 6 nitrogen and oxygen atoms in total. The Hall–Kier alpha value is -0.920. The van der Waals surface area contributed by atoms with Crippen LogP contribution in [0.4, 0.5) is 0 Å². The molecule has 0 atom stereocenters. The van der Waals surface area contributed by atoms with Crippen LogP contribution in [-0.2, 0) is 17.1 Å². The summed E-state index contributed by atoms with van der Waals surface area (Å²) in [5, 5.41) is 4.12. The molecular formula is C9H16N4O2S. The van der Waals surface area contributed by atoms with Gasteiger partial charge in [0.05, 0.1) is 11.4 Å². The van der Waals surface area contributed by atoms with E-state index in [9.17, 15) is 8.42 Å². The highest BCUT2D eigenvalue weighted by atomic mass is 32.2. The first kappa shape index (κ1) is 11.6. The van der Waals surface area contributed by atoms with Gasteiger partial charge >= 0.3 is 0 Å². The van der Waals surface area contributed by atoms with Crippen molar-refractivity contribution < 1.29 is 8.42 Å². The van der Waals surface area contributed by atoms with E-state index in [1.54, 1.807) is 25.6 Å². The van der Waals surface area contributed by atoms with Crippen molar-refractivity contribution >= 4 is 10.0 Å². The van der Waals surface area contributed by atoms with E-state index >= 15 is 0 Å². The molecule has 0 bridgehead atoms. The van der Waals surface area contributed by atoms with Crippen molar-refractivity contribution in [3.05, 3.63) is 11.4 Å². The Kier molecular flexibility index (Phi) is 2.56. The zero-order chi connectivity index (χ0) is 12.1. The molecule has 0 aromatic carbocycles. The van der Waals surface area contributed by atoms with Crippen molar-refractivity contribution in [2.24, 2.45) is 12.8 Å². The molecule has 0 unspecified atom stereocenters. The van der Waals surface area contributed by atoms with Gasteiger partial charge in [0.1, 0.15) is 4.90 Å². The van der Waals surface area contributed by atoms with E-state index in [0.29, 0.717) is 29.4 Å². The van der Waals surface area contributed by atoms with Gasteiger partial charge in [0, 0.05) is 26.2 Å². The summed E-state index contributed by atoms with van der Waals surface area (Å²) in [6.45, 7) is 4.26. The Balaban J connectivity index is 2.44. The summed E-state index contributed by atoms with van der Waals surface area (Å²) in [4.78, 5) is 0.321. The van der Waals surface area contributed by atoms with Crippen LogP contribution in [0.2, 0.25) is 0 Å². The van der Waals surface area contributed by atoms with E-state index in [4.69, 9.17) is 5.73 Å². The molecule has 2 rings (SSSR count). The Morgan fingerprint density at radius 2 is 1.94 bits per heavy atom. The van der Waals surface area contributed by atoms with Gasteiger partial charge in [-0.2, -0.15) is 9.40 Å². The fraction of sp³-hybridized carbons (Fsp3) is 0.667. The Bertz CT molecular complexity index is 514. The standard InChI is InChI=1S/C9H16N4O2S/c1-6-9(7(2)12(3)11-6)16(14,15)13-4-8(10)5-13/h8H,4-5,10H2,1-3H3. The zero-order valence-electron chi connectivity index (χ0n) is 9.64. The van der Waals surface area contributed by atoms with Crippen LogP contribution in [0.5, 0.6) is 0 Å². The minimum Gasteiger partial charge on any atom is -0.325 e. The van der Waals surface area contributed by atoms with Gasteiger partial charge in [0.15, 0.2) is 0 Å². The fourth-order valence-electron chi connectivity index (χ4n) is 1.92. The van der Waals surface area contributed by atoms with Crippen molar-refractivity contribution in [1.82, 2.24) is 14.1 Å². The Morgan fingerprint density at radius 3 is 2.31 bits per heavy atom. The minimum atomic E-state index is -3.41. The number of hydrogen-bond acceptors (Lipinski definition) is 4. The number of rotatable bonds is 2. The third-order valence-corrected chi connectivity index (χ3v) is 5.00. The lowest BCUT2D eigenvalue weighted by Gasteiger charge is -2.35. The van der Waals surface area contributed by atoms with Crippen molar-refractivity contribution in [2.45, 2.75) is 24.8 Å². The van der Waals surface area contributed by atoms with Crippen LogP contribution in [0.15, 0.2) is 4.90 Å². The van der Waals surface area contributed by atoms with Gasteiger partial charge in [-0.15, -0.1) is 0 Å². The van der Waals surface area contributed by atoms with E-state index in [1.807, 2.05) is 0 Å². The molecule has 1 saturated heterocycles. The third-order valence-electron chi connectivity index (χ3n) is 2.92. The summed E-state index contributed by atoms with van der Waals surface area (Å²) in [6, 6.07) is -0.0351. The highest BCUT2D eigenvalue weighted by molar-refractivity contribution is 7.89. The third kappa shape index (κ3) is 1.55. The molecule has 16 heavy (non-hydrogen) atoms. The van der Waals surface area contributed by atoms with Crippen LogP contribution in [0.1, 0.15) is 11.4 Å². The van der Waals surface area contributed by atoms with E-state index < -0.39 is 10.0 Å². The average molecular weight is 244 g/mol. The second-order valence-electron chi connectivity index (χ2n) is 4.21. The first-order chi connectivity index (χ1) is 7.34. The maximum Gasteiger partial charge on any atom is 0.246 e. The summed E-state index contributed by atoms with van der Waals surface area (Å²) in [5.41, 5.74) is 6.80. The molecular weight excluding hydrogens is 228 g/mol. The van der Waals surface area contributed by atoms with Crippen LogP contribution in [0.3, 0.4) is 0 Å². The monoisotopic (exact) mass is 244 g/mol. The van der Waals surface area contributed by atoms with Crippen LogP contribution < -0.4 is 5.73 Å². The summed E-state index contributed by atoms with van der Waals surface area (Å²) in [5.74, 6) is 0. The lowest BCUT2D eigenvalue weighted by molar-refractivity contribution is 0.265. The number of nitrogens with two attached hydrogens (primary N) is 1. The first-order valence-electron chi connectivity index (χ1n) is 5.10. The molecule has 2 N–H and O–H groups in total. The van der Waals surface area contributed by atoms with Gasteiger partial charge in [-0.1, -0.05) is 0 Å². The van der Waals surface area contributed by atoms with E-state index in [0.717, 1.165) is 0 Å². The van der Waals surface area contributed by atoms with Crippen LogP contribution in [-0.4, -0.2) is 41.6 Å². The van der Waals surface area contributed by atoms with E-state index in [-0.39, 0.29) is 6.04 Å². The number of nitrogens with zero attached hydrogens (tertiary/aromatic N) is 3. The number of hydrogen-bond donors (Lipinski definition) is 1. The van der Waals surface area contributed by atoms with Crippen molar-refractivity contribution in [1.29, 1.82) is 0 Å². The molecule has 1 aliphatic heterocycles. The smallest absolute Gasteiger partial charge is 0.246 e. The second kappa shape index (κ2) is 3.54. The summed E-state index contributed by atoms with van der Waals surface area (Å²) in [7, 11) is -1.67. The lowest BCUT2D eigenvalue weighted by Crippen LogP contribution is -2.57. The number of sulfonamides is 1. The maximum atomic E-state index is 12.2. The predicted molar refractivity (Wildman–Crippen MR) is 59.4 cm³/mol. The first-order valence-corrected chi connectivity index (χ1v) is 6.54. The van der Waals surface area contributed by atoms with Gasteiger partial charge in [-0.25, -0.2) is 8.42 Å². The van der Waals surface area contributed by atoms with Gasteiger partial charge < -0.3 is 5.73 Å². The van der Waals surface area contributed by atoms with Crippen LogP contribution in [0, 0.1) is 13.8 Å². The molecule has 1 aliphatic rings. The zero-order valence-corrected chi connectivity index (χ0v) is 10.5. The molecule has 0 aliphatic carbocycles. The summed E-state index contributed by atoms with van der Waals surface area (Å²) < 4.78 is 27.4. The summed E-state index contributed by atoms with van der Waals surface area (Å²) in [6.07, 6.45) is 0. The van der Waals surface area contributed by atoms with Gasteiger partial charge in [-0.05, 0) is 13.8 Å². The molecule has 0 saturated carbocycles. The second-order valence-corrected chi connectivity index (χ2v) is 6.08. The predicted octanol–water partition coefficient (Wildman–Crippen LogP) is -0.631. The summed E-state index contributed by atoms with van der Waals surface area (Å²) >= 11 is 0. The molecule has 0 spiro atoms. The Labute approximate surface area is 95.1 Å². The van der Waals surface area contributed by atoms with Crippen LogP contribution in [0.25, 0.3) is 0 Å². The minimum absolute atomic E-state index is 0.0351. The largest absolute Gasteiger partial charge is 0.325 e.